The van der Waals surface area contributed by atoms with Gasteiger partial charge in [0.25, 0.3) is 5.69 Å². The molecule has 20 heavy (non-hydrogen) atoms. The second kappa shape index (κ2) is 6.27. The number of nitrogens with one attached hydrogen (secondary N) is 1. The van der Waals surface area contributed by atoms with Crippen molar-refractivity contribution in [2.24, 2.45) is 0 Å². The number of rotatable bonds is 5. The Bertz CT molecular complexity index is 581. The SMILES string of the molecule is O=C(NCCn1cccn1)Oc1ccc([N+](=O)[O-])cn1. The van der Waals surface area contributed by atoms with Crippen molar-refractivity contribution in [2.75, 3.05) is 6.54 Å². The van der Waals surface area contributed by atoms with Crippen molar-refractivity contribution >= 4 is 11.8 Å². The quantitative estimate of drug-likeness (QED) is 0.643. The molecule has 0 aliphatic rings. The molecule has 0 radical (unpaired) electrons. The van der Waals surface area contributed by atoms with Gasteiger partial charge in [0.15, 0.2) is 0 Å². The highest BCUT2D eigenvalue weighted by atomic mass is 16.6. The fourth-order valence-corrected chi connectivity index (χ4v) is 1.38. The van der Waals surface area contributed by atoms with Crippen molar-refractivity contribution in [3.63, 3.8) is 0 Å². The first-order valence-electron chi connectivity index (χ1n) is 5.69. The van der Waals surface area contributed by atoms with Crippen LogP contribution in [0.2, 0.25) is 0 Å². The molecule has 104 valence electrons. The minimum Gasteiger partial charge on any atom is -0.391 e. The average molecular weight is 277 g/mol. The van der Waals surface area contributed by atoms with Crippen LogP contribution in [-0.2, 0) is 6.54 Å². The molecule has 0 saturated heterocycles. The van der Waals surface area contributed by atoms with Gasteiger partial charge in [0.1, 0.15) is 6.20 Å². The number of aromatic nitrogens is 3. The van der Waals surface area contributed by atoms with E-state index in [1.807, 2.05) is 0 Å². The van der Waals surface area contributed by atoms with Gasteiger partial charge in [-0.1, -0.05) is 0 Å². The standard InChI is InChI=1S/C11H11N5O4/c17-11(12-5-7-15-6-1-4-14-15)20-10-3-2-9(8-13-10)16(18)19/h1-4,6,8H,5,7H2,(H,12,17). The highest BCUT2D eigenvalue weighted by Crippen LogP contribution is 2.13. The number of amides is 1. The van der Waals surface area contributed by atoms with Gasteiger partial charge in [0.05, 0.1) is 11.5 Å². The van der Waals surface area contributed by atoms with Crippen LogP contribution in [-0.4, -0.2) is 32.3 Å². The maximum absolute atomic E-state index is 11.4. The van der Waals surface area contributed by atoms with E-state index in [0.717, 1.165) is 6.20 Å². The molecule has 1 amide bonds. The van der Waals surface area contributed by atoms with Crippen LogP contribution in [0.25, 0.3) is 0 Å². The van der Waals surface area contributed by atoms with Gasteiger partial charge in [-0.2, -0.15) is 5.10 Å². The van der Waals surface area contributed by atoms with Crippen LogP contribution in [0.4, 0.5) is 10.5 Å². The van der Waals surface area contributed by atoms with Gasteiger partial charge in [-0.15, -0.1) is 0 Å². The third kappa shape index (κ3) is 3.77. The molecule has 9 heteroatoms. The Kier molecular flexibility index (Phi) is 4.22. The molecule has 2 rings (SSSR count). The fourth-order valence-electron chi connectivity index (χ4n) is 1.38. The van der Waals surface area contributed by atoms with Crippen molar-refractivity contribution in [3.05, 3.63) is 46.9 Å². The summed E-state index contributed by atoms with van der Waals surface area (Å²) in [6.07, 6.45) is 3.75. The number of hydrogen-bond donors (Lipinski definition) is 1. The number of carbonyl (C=O) groups is 1. The predicted octanol–water partition coefficient (Wildman–Crippen LogP) is 0.975. The zero-order chi connectivity index (χ0) is 14.4. The van der Waals surface area contributed by atoms with Crippen LogP contribution >= 0.6 is 0 Å². The number of ether oxygens (including phenoxy) is 1. The van der Waals surface area contributed by atoms with Crippen LogP contribution in [0, 0.1) is 10.1 Å². The Balaban J connectivity index is 1.77. The normalized spacial score (nSPS) is 10.0. The van der Waals surface area contributed by atoms with Crippen molar-refractivity contribution in [2.45, 2.75) is 6.54 Å². The molecule has 0 bridgehead atoms. The largest absolute Gasteiger partial charge is 0.414 e. The van der Waals surface area contributed by atoms with E-state index in [4.69, 9.17) is 4.74 Å². The van der Waals surface area contributed by atoms with Crippen LogP contribution in [0.3, 0.4) is 0 Å². The third-order valence-electron chi connectivity index (χ3n) is 2.30. The molecular weight excluding hydrogens is 266 g/mol. The van der Waals surface area contributed by atoms with Crippen molar-refractivity contribution in [1.82, 2.24) is 20.1 Å². The van der Waals surface area contributed by atoms with Gasteiger partial charge in [-0.3, -0.25) is 14.8 Å². The van der Waals surface area contributed by atoms with Gasteiger partial charge in [0.2, 0.25) is 5.88 Å². The zero-order valence-corrected chi connectivity index (χ0v) is 10.3. The zero-order valence-electron chi connectivity index (χ0n) is 10.3. The molecule has 2 aromatic rings. The van der Waals surface area contributed by atoms with Crippen molar-refractivity contribution in [1.29, 1.82) is 0 Å². The summed E-state index contributed by atoms with van der Waals surface area (Å²) in [6, 6.07) is 4.24. The Morgan fingerprint density at radius 1 is 1.50 bits per heavy atom. The summed E-state index contributed by atoms with van der Waals surface area (Å²) in [5.74, 6) is -0.00723. The molecule has 0 atom stereocenters. The van der Waals surface area contributed by atoms with Gasteiger partial charge in [-0.25, -0.2) is 9.78 Å². The van der Waals surface area contributed by atoms with E-state index in [1.54, 1.807) is 23.1 Å². The van der Waals surface area contributed by atoms with E-state index in [0.29, 0.717) is 13.1 Å². The summed E-state index contributed by atoms with van der Waals surface area (Å²) < 4.78 is 6.51. The fraction of sp³-hybridized carbons (Fsp3) is 0.182. The summed E-state index contributed by atoms with van der Waals surface area (Å²) in [4.78, 5) is 24.9. The topological polar surface area (TPSA) is 112 Å². The molecule has 9 nitrogen and oxygen atoms in total. The first kappa shape index (κ1) is 13.5. The first-order valence-corrected chi connectivity index (χ1v) is 5.69. The van der Waals surface area contributed by atoms with E-state index in [1.165, 1.54) is 12.1 Å². The molecule has 0 fully saturated rings. The molecule has 0 spiro atoms. The monoisotopic (exact) mass is 277 g/mol. The minimum absolute atomic E-state index is 0.00723. The van der Waals surface area contributed by atoms with Gasteiger partial charge in [0, 0.05) is 31.1 Å². The second-order valence-corrected chi connectivity index (χ2v) is 3.70. The van der Waals surface area contributed by atoms with Gasteiger partial charge in [-0.05, 0) is 6.07 Å². The highest BCUT2D eigenvalue weighted by molar-refractivity contribution is 5.69. The number of carbonyl (C=O) groups excluding carboxylic acids is 1. The highest BCUT2D eigenvalue weighted by Gasteiger charge is 2.08. The first-order chi connectivity index (χ1) is 9.65. The van der Waals surface area contributed by atoms with Crippen LogP contribution in [0.1, 0.15) is 0 Å². The lowest BCUT2D eigenvalue weighted by molar-refractivity contribution is -0.385. The van der Waals surface area contributed by atoms with Crippen LogP contribution < -0.4 is 10.1 Å². The molecule has 0 aliphatic carbocycles. The molecular formula is C11H11N5O4. The maximum atomic E-state index is 11.4. The molecule has 1 N–H and O–H groups in total. The average Bonchev–Trinajstić information content (AvgIpc) is 2.92. The molecule has 0 saturated carbocycles. The second-order valence-electron chi connectivity index (χ2n) is 3.70. The molecule has 0 aromatic carbocycles. The van der Waals surface area contributed by atoms with E-state index in [2.05, 4.69) is 15.4 Å². The predicted molar refractivity (Wildman–Crippen MR) is 67.1 cm³/mol. The van der Waals surface area contributed by atoms with E-state index < -0.39 is 11.0 Å². The van der Waals surface area contributed by atoms with E-state index in [-0.39, 0.29) is 11.6 Å². The Labute approximate surface area is 113 Å². The summed E-state index contributed by atoms with van der Waals surface area (Å²) in [7, 11) is 0. The van der Waals surface area contributed by atoms with Crippen molar-refractivity contribution in [3.8, 4) is 5.88 Å². The van der Waals surface area contributed by atoms with Crippen LogP contribution in [0.5, 0.6) is 5.88 Å². The number of hydrogen-bond acceptors (Lipinski definition) is 6. The number of nitro groups is 1. The lowest BCUT2D eigenvalue weighted by atomic mass is 10.4. The molecule has 2 heterocycles. The Morgan fingerprint density at radius 2 is 2.35 bits per heavy atom. The molecule has 2 aromatic heterocycles. The Hall–Kier alpha value is -2.97. The Morgan fingerprint density at radius 3 is 2.95 bits per heavy atom. The van der Waals surface area contributed by atoms with E-state index in [9.17, 15) is 14.9 Å². The van der Waals surface area contributed by atoms with Gasteiger partial charge >= 0.3 is 6.09 Å². The lowest BCUT2D eigenvalue weighted by Gasteiger charge is -2.05. The molecule has 0 aliphatic heterocycles. The van der Waals surface area contributed by atoms with Gasteiger partial charge < -0.3 is 10.1 Å². The van der Waals surface area contributed by atoms with E-state index >= 15 is 0 Å². The summed E-state index contributed by atoms with van der Waals surface area (Å²) in [6.45, 7) is 0.850. The minimum atomic E-state index is -0.682. The summed E-state index contributed by atoms with van der Waals surface area (Å²) in [5.41, 5.74) is -0.170. The number of pyridine rings is 1. The lowest BCUT2D eigenvalue weighted by Crippen LogP contribution is -2.30. The smallest absolute Gasteiger partial charge is 0.391 e. The molecule has 0 unspecified atom stereocenters. The van der Waals surface area contributed by atoms with Crippen molar-refractivity contribution < 1.29 is 14.5 Å². The summed E-state index contributed by atoms with van der Waals surface area (Å²) >= 11 is 0. The summed E-state index contributed by atoms with van der Waals surface area (Å²) in [5, 5.41) is 16.9. The maximum Gasteiger partial charge on any atom is 0.414 e. The number of nitrogens with zero attached hydrogens (tertiary/aromatic N) is 4. The van der Waals surface area contributed by atoms with Crippen LogP contribution in [0.15, 0.2) is 36.8 Å². The third-order valence-corrected chi connectivity index (χ3v) is 2.30.